The first-order valence-corrected chi connectivity index (χ1v) is 4.64. The van der Waals surface area contributed by atoms with Gasteiger partial charge in [0.2, 0.25) is 5.91 Å². The second kappa shape index (κ2) is 5.18. The number of carbonyl (C=O) groups is 1. The number of rotatable bonds is 3. The van der Waals surface area contributed by atoms with Gasteiger partial charge < -0.3 is 5.32 Å². The van der Waals surface area contributed by atoms with Crippen LogP contribution in [0.15, 0.2) is 30.9 Å². The Morgan fingerprint density at radius 3 is 3.00 bits per heavy atom. The van der Waals surface area contributed by atoms with Crippen LogP contribution in [0.3, 0.4) is 0 Å². The Hall–Kier alpha value is -1.79. The van der Waals surface area contributed by atoms with E-state index in [9.17, 15) is 4.79 Å². The standard InChI is InChI=1S/C11H9ClN2O/c1-2-11(15)14-9-3-4-10(12)8(7-9)5-6-13/h2-4,7H,1,5H2,(H,14,15). The zero-order chi connectivity index (χ0) is 11.3. The van der Waals surface area contributed by atoms with Crippen LogP contribution in [-0.4, -0.2) is 5.91 Å². The summed E-state index contributed by atoms with van der Waals surface area (Å²) in [5.74, 6) is -0.291. The van der Waals surface area contributed by atoms with E-state index in [0.29, 0.717) is 16.3 Å². The fourth-order valence-corrected chi connectivity index (χ4v) is 1.25. The van der Waals surface area contributed by atoms with Crippen molar-refractivity contribution in [2.75, 3.05) is 5.32 Å². The number of nitrogens with one attached hydrogen (secondary N) is 1. The molecule has 3 nitrogen and oxygen atoms in total. The fraction of sp³-hybridized carbons (Fsp3) is 0.0909. The summed E-state index contributed by atoms with van der Waals surface area (Å²) < 4.78 is 0. The number of nitrogens with zero attached hydrogens (tertiary/aromatic N) is 1. The first-order chi connectivity index (χ1) is 7.17. The number of carbonyl (C=O) groups excluding carboxylic acids is 1. The summed E-state index contributed by atoms with van der Waals surface area (Å²) in [6.07, 6.45) is 1.40. The first kappa shape index (κ1) is 11.3. The first-order valence-electron chi connectivity index (χ1n) is 4.26. The summed E-state index contributed by atoms with van der Waals surface area (Å²) in [7, 11) is 0. The van der Waals surface area contributed by atoms with Gasteiger partial charge in [0.15, 0.2) is 0 Å². The van der Waals surface area contributed by atoms with E-state index >= 15 is 0 Å². The number of hydrogen-bond donors (Lipinski definition) is 1. The molecular weight excluding hydrogens is 212 g/mol. The molecule has 0 aromatic heterocycles. The van der Waals surface area contributed by atoms with E-state index in [4.69, 9.17) is 16.9 Å². The van der Waals surface area contributed by atoms with Gasteiger partial charge in [-0.3, -0.25) is 4.79 Å². The molecule has 0 radical (unpaired) electrons. The quantitative estimate of drug-likeness (QED) is 0.796. The minimum absolute atomic E-state index is 0.219. The molecule has 0 heterocycles. The van der Waals surface area contributed by atoms with Crippen molar-refractivity contribution in [1.82, 2.24) is 0 Å². The Labute approximate surface area is 93.0 Å². The van der Waals surface area contributed by atoms with E-state index < -0.39 is 0 Å². The Morgan fingerprint density at radius 1 is 1.67 bits per heavy atom. The summed E-state index contributed by atoms with van der Waals surface area (Å²) in [5, 5.41) is 11.7. The molecule has 0 saturated heterocycles. The summed E-state index contributed by atoms with van der Waals surface area (Å²) in [5.41, 5.74) is 1.30. The van der Waals surface area contributed by atoms with E-state index in [1.807, 2.05) is 6.07 Å². The van der Waals surface area contributed by atoms with Gasteiger partial charge in [-0.2, -0.15) is 5.26 Å². The number of benzene rings is 1. The topological polar surface area (TPSA) is 52.9 Å². The van der Waals surface area contributed by atoms with Crippen LogP contribution < -0.4 is 5.32 Å². The number of anilines is 1. The molecular formula is C11H9ClN2O. The van der Waals surface area contributed by atoms with E-state index in [0.717, 1.165) is 0 Å². The smallest absolute Gasteiger partial charge is 0.247 e. The largest absolute Gasteiger partial charge is 0.323 e. The lowest BCUT2D eigenvalue weighted by Crippen LogP contribution is -2.07. The molecule has 0 atom stereocenters. The van der Waals surface area contributed by atoms with Crippen LogP contribution in [-0.2, 0) is 11.2 Å². The van der Waals surface area contributed by atoms with Crippen molar-refractivity contribution in [2.24, 2.45) is 0 Å². The Balaban J connectivity index is 2.92. The van der Waals surface area contributed by atoms with Crippen molar-refractivity contribution >= 4 is 23.2 Å². The third kappa shape index (κ3) is 3.12. The molecule has 1 rings (SSSR count). The molecule has 4 heteroatoms. The second-order valence-electron chi connectivity index (χ2n) is 2.83. The van der Waals surface area contributed by atoms with Crippen LogP contribution in [0.5, 0.6) is 0 Å². The van der Waals surface area contributed by atoms with Crippen LogP contribution in [0.4, 0.5) is 5.69 Å². The van der Waals surface area contributed by atoms with E-state index in [1.165, 1.54) is 6.08 Å². The van der Waals surface area contributed by atoms with Crippen LogP contribution in [0.25, 0.3) is 0 Å². The Morgan fingerprint density at radius 2 is 2.40 bits per heavy atom. The molecule has 0 bridgehead atoms. The predicted molar refractivity (Wildman–Crippen MR) is 59.6 cm³/mol. The van der Waals surface area contributed by atoms with Crippen LogP contribution in [0.2, 0.25) is 5.02 Å². The molecule has 15 heavy (non-hydrogen) atoms. The average Bonchev–Trinajstić information content (AvgIpc) is 2.23. The molecule has 76 valence electrons. The third-order valence-corrected chi connectivity index (χ3v) is 2.14. The minimum Gasteiger partial charge on any atom is -0.323 e. The summed E-state index contributed by atoms with van der Waals surface area (Å²) in [6.45, 7) is 3.34. The van der Waals surface area contributed by atoms with Gasteiger partial charge in [0.05, 0.1) is 12.5 Å². The number of hydrogen-bond acceptors (Lipinski definition) is 2. The second-order valence-corrected chi connectivity index (χ2v) is 3.24. The monoisotopic (exact) mass is 220 g/mol. The molecule has 0 unspecified atom stereocenters. The fourth-order valence-electron chi connectivity index (χ4n) is 1.07. The Kier molecular flexibility index (Phi) is 3.90. The highest BCUT2D eigenvalue weighted by Crippen LogP contribution is 2.20. The number of amides is 1. The van der Waals surface area contributed by atoms with E-state index in [-0.39, 0.29) is 12.3 Å². The molecule has 1 amide bonds. The lowest BCUT2D eigenvalue weighted by Gasteiger charge is -2.05. The molecule has 0 aliphatic heterocycles. The molecule has 0 aliphatic carbocycles. The molecule has 0 aliphatic rings. The lowest BCUT2D eigenvalue weighted by molar-refractivity contribution is -0.111. The van der Waals surface area contributed by atoms with Gasteiger partial charge in [0, 0.05) is 10.7 Å². The van der Waals surface area contributed by atoms with Crippen molar-refractivity contribution < 1.29 is 4.79 Å². The maximum atomic E-state index is 11.0. The zero-order valence-electron chi connectivity index (χ0n) is 7.96. The molecule has 1 N–H and O–H groups in total. The summed E-state index contributed by atoms with van der Waals surface area (Å²) >= 11 is 5.86. The number of halogens is 1. The van der Waals surface area contributed by atoms with E-state index in [1.54, 1.807) is 18.2 Å². The lowest BCUT2D eigenvalue weighted by atomic mass is 10.1. The van der Waals surface area contributed by atoms with E-state index in [2.05, 4.69) is 11.9 Å². The highest BCUT2D eigenvalue weighted by Gasteiger charge is 2.03. The Bertz CT molecular complexity index is 435. The maximum absolute atomic E-state index is 11.0. The van der Waals surface area contributed by atoms with Crippen LogP contribution >= 0.6 is 11.6 Å². The summed E-state index contributed by atoms with van der Waals surface area (Å²) in [6, 6.07) is 6.99. The van der Waals surface area contributed by atoms with Crippen molar-refractivity contribution in [2.45, 2.75) is 6.42 Å². The number of nitriles is 1. The maximum Gasteiger partial charge on any atom is 0.247 e. The van der Waals surface area contributed by atoms with Gasteiger partial charge in [0.1, 0.15) is 0 Å². The normalized spacial score (nSPS) is 9.07. The highest BCUT2D eigenvalue weighted by molar-refractivity contribution is 6.31. The average molecular weight is 221 g/mol. The predicted octanol–water partition coefficient (Wildman–Crippen LogP) is 2.53. The van der Waals surface area contributed by atoms with Crippen LogP contribution in [0.1, 0.15) is 5.56 Å². The van der Waals surface area contributed by atoms with Gasteiger partial charge in [-0.1, -0.05) is 18.2 Å². The molecule has 0 fully saturated rings. The summed E-state index contributed by atoms with van der Waals surface area (Å²) in [4.78, 5) is 11.0. The van der Waals surface area contributed by atoms with Gasteiger partial charge in [0.25, 0.3) is 0 Å². The van der Waals surface area contributed by atoms with Gasteiger partial charge in [-0.25, -0.2) is 0 Å². The van der Waals surface area contributed by atoms with Crippen LogP contribution in [0, 0.1) is 11.3 Å². The van der Waals surface area contributed by atoms with Crippen molar-refractivity contribution in [3.8, 4) is 6.07 Å². The van der Waals surface area contributed by atoms with Crippen molar-refractivity contribution in [3.05, 3.63) is 41.4 Å². The van der Waals surface area contributed by atoms with Gasteiger partial charge in [-0.15, -0.1) is 0 Å². The van der Waals surface area contributed by atoms with Gasteiger partial charge in [-0.05, 0) is 29.8 Å². The van der Waals surface area contributed by atoms with Crippen molar-refractivity contribution in [3.63, 3.8) is 0 Å². The molecule has 1 aromatic rings. The zero-order valence-corrected chi connectivity index (χ0v) is 8.71. The molecule has 0 saturated carbocycles. The van der Waals surface area contributed by atoms with Crippen molar-refractivity contribution in [1.29, 1.82) is 5.26 Å². The highest BCUT2D eigenvalue weighted by atomic mass is 35.5. The molecule has 0 spiro atoms. The SMILES string of the molecule is C=CC(=O)Nc1ccc(Cl)c(CC#N)c1. The minimum atomic E-state index is -0.291. The third-order valence-electron chi connectivity index (χ3n) is 1.77. The van der Waals surface area contributed by atoms with Gasteiger partial charge >= 0.3 is 0 Å². The molecule has 1 aromatic carbocycles.